The van der Waals surface area contributed by atoms with Crippen LogP contribution in [0.4, 0.5) is 0 Å². The van der Waals surface area contributed by atoms with Crippen molar-refractivity contribution in [3.63, 3.8) is 0 Å². The third-order valence-electron chi connectivity index (χ3n) is 2.34. The summed E-state index contributed by atoms with van der Waals surface area (Å²) in [5.74, 6) is 0. The van der Waals surface area contributed by atoms with Crippen LogP contribution in [0.2, 0.25) is 0 Å². The van der Waals surface area contributed by atoms with Gasteiger partial charge in [0, 0.05) is 17.1 Å². The van der Waals surface area contributed by atoms with Gasteiger partial charge in [0.25, 0.3) is 5.56 Å². The number of aryl methyl sites for hydroxylation is 1. The van der Waals surface area contributed by atoms with E-state index in [0.717, 1.165) is 6.42 Å². The van der Waals surface area contributed by atoms with Gasteiger partial charge in [-0.05, 0) is 29.5 Å². The summed E-state index contributed by atoms with van der Waals surface area (Å²) in [6.07, 6.45) is 2.88. The standard InChI is InChI=1S/C12H13NOS/c1-2-10-7-11(15-9-10)8-13-6-4-3-5-12(13)14/h3-7,9H,2,8H2,1H3. The summed E-state index contributed by atoms with van der Waals surface area (Å²) in [7, 11) is 0. The molecular weight excluding hydrogens is 206 g/mol. The van der Waals surface area contributed by atoms with E-state index >= 15 is 0 Å². The van der Waals surface area contributed by atoms with E-state index in [2.05, 4.69) is 18.4 Å². The normalized spacial score (nSPS) is 10.5. The predicted octanol–water partition coefficient (Wildman–Crippen LogP) is 2.52. The van der Waals surface area contributed by atoms with Gasteiger partial charge in [-0.25, -0.2) is 0 Å². The van der Waals surface area contributed by atoms with E-state index in [1.807, 2.05) is 12.3 Å². The minimum absolute atomic E-state index is 0.0592. The summed E-state index contributed by atoms with van der Waals surface area (Å²) in [4.78, 5) is 12.7. The first-order valence-electron chi connectivity index (χ1n) is 5.01. The highest BCUT2D eigenvalue weighted by Gasteiger charge is 2.00. The van der Waals surface area contributed by atoms with Crippen molar-refractivity contribution in [2.24, 2.45) is 0 Å². The lowest BCUT2D eigenvalue weighted by Crippen LogP contribution is -2.17. The molecule has 0 aliphatic rings. The van der Waals surface area contributed by atoms with Crippen molar-refractivity contribution < 1.29 is 0 Å². The first-order valence-corrected chi connectivity index (χ1v) is 5.89. The SMILES string of the molecule is CCc1csc(Cn2ccccc2=O)c1. The molecule has 0 saturated carbocycles. The Morgan fingerprint density at radius 2 is 2.27 bits per heavy atom. The van der Waals surface area contributed by atoms with Crippen LogP contribution in [0.25, 0.3) is 0 Å². The highest BCUT2D eigenvalue weighted by molar-refractivity contribution is 7.10. The Morgan fingerprint density at radius 1 is 1.40 bits per heavy atom. The highest BCUT2D eigenvalue weighted by Crippen LogP contribution is 2.15. The first-order chi connectivity index (χ1) is 7.29. The van der Waals surface area contributed by atoms with Gasteiger partial charge in [0.05, 0.1) is 6.54 Å². The van der Waals surface area contributed by atoms with Crippen LogP contribution in [0.3, 0.4) is 0 Å². The summed E-state index contributed by atoms with van der Waals surface area (Å²) in [6.45, 7) is 2.82. The maximum absolute atomic E-state index is 11.5. The van der Waals surface area contributed by atoms with Crippen LogP contribution in [0.5, 0.6) is 0 Å². The molecule has 0 spiro atoms. The van der Waals surface area contributed by atoms with Gasteiger partial charge in [-0.2, -0.15) is 0 Å². The van der Waals surface area contributed by atoms with E-state index in [1.54, 1.807) is 28.0 Å². The topological polar surface area (TPSA) is 22.0 Å². The number of hydrogen-bond donors (Lipinski definition) is 0. The van der Waals surface area contributed by atoms with Gasteiger partial charge in [-0.1, -0.05) is 13.0 Å². The van der Waals surface area contributed by atoms with Gasteiger partial charge in [0.2, 0.25) is 0 Å². The monoisotopic (exact) mass is 219 g/mol. The fourth-order valence-electron chi connectivity index (χ4n) is 1.45. The molecule has 3 heteroatoms. The van der Waals surface area contributed by atoms with Crippen molar-refractivity contribution in [3.05, 3.63) is 56.6 Å². The van der Waals surface area contributed by atoms with Crippen LogP contribution in [-0.4, -0.2) is 4.57 Å². The molecule has 0 fully saturated rings. The largest absolute Gasteiger partial charge is 0.310 e. The lowest BCUT2D eigenvalue weighted by atomic mass is 10.2. The Morgan fingerprint density at radius 3 is 2.93 bits per heavy atom. The van der Waals surface area contributed by atoms with Gasteiger partial charge >= 0.3 is 0 Å². The van der Waals surface area contributed by atoms with Crippen LogP contribution in [-0.2, 0) is 13.0 Å². The van der Waals surface area contributed by atoms with Gasteiger partial charge in [0.1, 0.15) is 0 Å². The number of hydrogen-bond acceptors (Lipinski definition) is 2. The molecule has 0 saturated heterocycles. The number of rotatable bonds is 3. The number of thiophene rings is 1. The lowest BCUT2D eigenvalue weighted by Gasteiger charge is -2.01. The zero-order valence-corrected chi connectivity index (χ0v) is 9.46. The molecule has 2 rings (SSSR count). The summed E-state index contributed by atoms with van der Waals surface area (Å²) in [5, 5.41) is 2.16. The van der Waals surface area contributed by atoms with Crippen molar-refractivity contribution in [1.29, 1.82) is 0 Å². The molecule has 0 unspecified atom stereocenters. The molecular formula is C12H13NOS. The molecule has 15 heavy (non-hydrogen) atoms. The van der Waals surface area contributed by atoms with E-state index < -0.39 is 0 Å². The molecule has 0 aliphatic carbocycles. The third-order valence-corrected chi connectivity index (χ3v) is 3.31. The van der Waals surface area contributed by atoms with E-state index in [-0.39, 0.29) is 5.56 Å². The van der Waals surface area contributed by atoms with Crippen molar-refractivity contribution in [1.82, 2.24) is 4.57 Å². The third kappa shape index (κ3) is 2.36. The summed E-state index contributed by atoms with van der Waals surface area (Å²) in [5.41, 5.74) is 1.41. The van der Waals surface area contributed by atoms with Gasteiger partial charge in [-0.15, -0.1) is 11.3 Å². The quantitative estimate of drug-likeness (QED) is 0.777. The average Bonchev–Trinajstić information content (AvgIpc) is 2.69. The number of aromatic nitrogens is 1. The molecule has 0 amide bonds. The Bertz CT molecular complexity index is 498. The molecule has 0 atom stereocenters. The molecule has 2 nitrogen and oxygen atoms in total. The van der Waals surface area contributed by atoms with E-state index in [1.165, 1.54) is 10.4 Å². The lowest BCUT2D eigenvalue weighted by molar-refractivity contribution is 0.769. The zero-order chi connectivity index (χ0) is 10.7. The van der Waals surface area contributed by atoms with Crippen molar-refractivity contribution in [2.75, 3.05) is 0 Å². The first kappa shape index (κ1) is 10.2. The number of pyridine rings is 1. The Balaban J connectivity index is 2.22. The second-order valence-electron chi connectivity index (χ2n) is 3.44. The summed E-state index contributed by atoms with van der Waals surface area (Å²) < 4.78 is 1.73. The molecule has 0 aromatic carbocycles. The van der Waals surface area contributed by atoms with Gasteiger partial charge < -0.3 is 4.57 Å². The minimum atomic E-state index is 0.0592. The van der Waals surface area contributed by atoms with Crippen LogP contribution in [0.15, 0.2) is 40.6 Å². The minimum Gasteiger partial charge on any atom is -0.310 e. The predicted molar refractivity (Wildman–Crippen MR) is 63.5 cm³/mol. The van der Waals surface area contributed by atoms with Crippen LogP contribution in [0.1, 0.15) is 17.4 Å². The maximum Gasteiger partial charge on any atom is 0.250 e. The molecule has 78 valence electrons. The van der Waals surface area contributed by atoms with E-state index in [9.17, 15) is 4.79 Å². The fraction of sp³-hybridized carbons (Fsp3) is 0.250. The second kappa shape index (κ2) is 4.45. The molecule has 0 radical (unpaired) electrons. The zero-order valence-electron chi connectivity index (χ0n) is 8.64. The maximum atomic E-state index is 11.5. The summed E-state index contributed by atoms with van der Waals surface area (Å²) >= 11 is 1.72. The number of nitrogens with zero attached hydrogens (tertiary/aromatic N) is 1. The molecule has 2 heterocycles. The van der Waals surface area contributed by atoms with E-state index in [0.29, 0.717) is 6.54 Å². The Kier molecular flexibility index (Phi) is 3.02. The smallest absolute Gasteiger partial charge is 0.250 e. The van der Waals surface area contributed by atoms with Crippen molar-refractivity contribution in [2.45, 2.75) is 19.9 Å². The second-order valence-corrected chi connectivity index (χ2v) is 4.44. The Hall–Kier alpha value is -1.35. The highest BCUT2D eigenvalue weighted by atomic mass is 32.1. The summed E-state index contributed by atoms with van der Waals surface area (Å²) in [6, 6.07) is 7.42. The van der Waals surface area contributed by atoms with Crippen molar-refractivity contribution >= 4 is 11.3 Å². The molecule has 2 aromatic heterocycles. The Labute approximate surface area is 92.8 Å². The van der Waals surface area contributed by atoms with Gasteiger partial charge in [-0.3, -0.25) is 4.79 Å². The van der Waals surface area contributed by atoms with Crippen molar-refractivity contribution in [3.8, 4) is 0 Å². The van der Waals surface area contributed by atoms with Gasteiger partial charge in [0.15, 0.2) is 0 Å². The molecule has 0 N–H and O–H groups in total. The molecule has 0 aliphatic heterocycles. The molecule has 0 bridgehead atoms. The van der Waals surface area contributed by atoms with Crippen LogP contribution < -0.4 is 5.56 Å². The van der Waals surface area contributed by atoms with Crippen LogP contribution >= 0.6 is 11.3 Å². The fourth-order valence-corrected chi connectivity index (χ4v) is 2.42. The average molecular weight is 219 g/mol. The van der Waals surface area contributed by atoms with Crippen LogP contribution in [0, 0.1) is 0 Å². The molecule has 2 aromatic rings. The van der Waals surface area contributed by atoms with E-state index in [4.69, 9.17) is 0 Å².